The standard InChI is InChI=1S/C18H14INO3S2/c1-23-13-5-2-11(3-6-13)10-20-17(22)16(25-18(20)24)9-12-4-7-15(21)14(19)8-12/h2-9,21H,10H2,1H3. The molecule has 0 radical (unpaired) electrons. The lowest BCUT2D eigenvalue weighted by molar-refractivity contribution is -0.122. The van der Waals surface area contributed by atoms with Crippen molar-refractivity contribution in [3.63, 3.8) is 0 Å². The van der Waals surface area contributed by atoms with E-state index in [-0.39, 0.29) is 11.7 Å². The van der Waals surface area contributed by atoms with E-state index in [1.165, 1.54) is 11.8 Å². The summed E-state index contributed by atoms with van der Waals surface area (Å²) in [5, 5.41) is 9.60. The number of nitrogens with zero attached hydrogens (tertiary/aromatic N) is 1. The Morgan fingerprint density at radius 1 is 1.28 bits per heavy atom. The minimum Gasteiger partial charge on any atom is -0.507 e. The van der Waals surface area contributed by atoms with Crippen LogP contribution in [0, 0.1) is 3.57 Å². The van der Waals surface area contributed by atoms with E-state index < -0.39 is 0 Å². The molecule has 1 fully saturated rings. The number of amides is 1. The maximum absolute atomic E-state index is 12.7. The number of aromatic hydroxyl groups is 1. The number of carbonyl (C=O) groups excluding carboxylic acids is 1. The summed E-state index contributed by atoms with van der Waals surface area (Å²) in [6, 6.07) is 12.8. The molecule has 0 aliphatic carbocycles. The van der Waals surface area contributed by atoms with Crippen molar-refractivity contribution in [3.05, 3.63) is 62.1 Å². The van der Waals surface area contributed by atoms with Crippen LogP contribution in [0.2, 0.25) is 0 Å². The van der Waals surface area contributed by atoms with Crippen molar-refractivity contribution in [1.82, 2.24) is 4.90 Å². The van der Waals surface area contributed by atoms with E-state index in [4.69, 9.17) is 17.0 Å². The van der Waals surface area contributed by atoms with Gasteiger partial charge in [-0.15, -0.1) is 0 Å². The SMILES string of the molecule is COc1ccc(CN2C(=O)C(=Cc3ccc(O)c(I)c3)SC2=S)cc1. The van der Waals surface area contributed by atoms with Crippen LogP contribution < -0.4 is 4.74 Å². The van der Waals surface area contributed by atoms with Crippen LogP contribution in [0.15, 0.2) is 47.4 Å². The number of carbonyl (C=O) groups is 1. The summed E-state index contributed by atoms with van der Waals surface area (Å²) in [7, 11) is 1.62. The van der Waals surface area contributed by atoms with Crippen LogP contribution in [0.25, 0.3) is 6.08 Å². The largest absolute Gasteiger partial charge is 0.507 e. The molecule has 0 spiro atoms. The molecule has 0 saturated carbocycles. The van der Waals surface area contributed by atoms with Crippen LogP contribution >= 0.6 is 46.6 Å². The molecule has 2 aromatic rings. The van der Waals surface area contributed by atoms with Gasteiger partial charge < -0.3 is 9.84 Å². The van der Waals surface area contributed by atoms with Crippen LogP contribution in [0.3, 0.4) is 0 Å². The number of halogens is 1. The Kier molecular flexibility index (Phi) is 5.65. The average molecular weight is 483 g/mol. The third-order valence-corrected chi connectivity index (χ3v) is 5.88. The number of phenols is 1. The molecule has 128 valence electrons. The Balaban J connectivity index is 1.79. The molecule has 4 nitrogen and oxygen atoms in total. The van der Waals surface area contributed by atoms with Crippen LogP contribution in [-0.2, 0) is 11.3 Å². The lowest BCUT2D eigenvalue weighted by Gasteiger charge is -2.14. The molecular weight excluding hydrogens is 469 g/mol. The maximum Gasteiger partial charge on any atom is 0.266 e. The summed E-state index contributed by atoms with van der Waals surface area (Å²) in [5.74, 6) is 0.898. The highest BCUT2D eigenvalue weighted by molar-refractivity contribution is 14.1. The molecule has 7 heteroatoms. The Morgan fingerprint density at radius 2 is 2.00 bits per heavy atom. The van der Waals surface area contributed by atoms with E-state index in [0.29, 0.717) is 15.8 Å². The van der Waals surface area contributed by atoms with Crippen LogP contribution in [0.4, 0.5) is 0 Å². The van der Waals surface area contributed by atoms with Gasteiger partial charge in [0, 0.05) is 0 Å². The predicted octanol–water partition coefficient (Wildman–Crippen LogP) is 4.41. The Morgan fingerprint density at radius 3 is 2.64 bits per heavy atom. The van der Waals surface area contributed by atoms with E-state index in [2.05, 4.69) is 22.6 Å². The summed E-state index contributed by atoms with van der Waals surface area (Å²) < 4.78 is 6.42. The van der Waals surface area contributed by atoms with Gasteiger partial charge in [0.2, 0.25) is 0 Å². The van der Waals surface area contributed by atoms with Gasteiger partial charge in [0.05, 0.1) is 22.1 Å². The number of thiocarbonyl (C=S) groups is 1. The second-order valence-corrected chi connectivity index (χ2v) is 8.16. The van der Waals surface area contributed by atoms with Gasteiger partial charge >= 0.3 is 0 Å². The van der Waals surface area contributed by atoms with Crippen LogP contribution in [0.5, 0.6) is 11.5 Å². The Bertz CT molecular complexity index is 865. The van der Waals surface area contributed by atoms with E-state index in [0.717, 1.165) is 20.4 Å². The molecule has 0 atom stereocenters. The summed E-state index contributed by atoms with van der Waals surface area (Å²) in [6.45, 7) is 0.430. The number of rotatable bonds is 4. The highest BCUT2D eigenvalue weighted by atomic mass is 127. The number of hydrogen-bond donors (Lipinski definition) is 1. The molecule has 1 heterocycles. The summed E-state index contributed by atoms with van der Waals surface area (Å²) in [4.78, 5) is 14.9. The number of thioether (sulfide) groups is 1. The van der Waals surface area contributed by atoms with Gasteiger partial charge in [-0.2, -0.15) is 0 Å². The third kappa shape index (κ3) is 4.16. The van der Waals surface area contributed by atoms with Gasteiger partial charge in [0.25, 0.3) is 5.91 Å². The van der Waals surface area contributed by atoms with Crippen molar-refractivity contribution >= 4 is 62.9 Å². The van der Waals surface area contributed by atoms with Gasteiger partial charge in [0.15, 0.2) is 0 Å². The Labute approximate surface area is 169 Å². The van der Waals surface area contributed by atoms with Crippen molar-refractivity contribution in [3.8, 4) is 11.5 Å². The molecular formula is C18H14INO3S2. The monoisotopic (exact) mass is 483 g/mol. The fourth-order valence-electron chi connectivity index (χ4n) is 2.31. The first-order valence-corrected chi connectivity index (χ1v) is 9.65. The van der Waals surface area contributed by atoms with E-state index in [9.17, 15) is 9.90 Å². The summed E-state index contributed by atoms with van der Waals surface area (Å²) in [6.07, 6.45) is 1.80. The third-order valence-electron chi connectivity index (χ3n) is 3.64. The quantitative estimate of drug-likeness (QED) is 0.397. The fourth-order valence-corrected chi connectivity index (χ4v) is 4.11. The lowest BCUT2D eigenvalue weighted by atomic mass is 10.2. The molecule has 0 unspecified atom stereocenters. The van der Waals surface area contributed by atoms with Crippen LogP contribution in [0.1, 0.15) is 11.1 Å². The first kappa shape index (κ1) is 18.2. The molecule has 2 aromatic carbocycles. The fraction of sp³-hybridized carbons (Fsp3) is 0.111. The van der Waals surface area contributed by atoms with Crippen molar-refractivity contribution in [2.75, 3.05) is 7.11 Å². The lowest BCUT2D eigenvalue weighted by Crippen LogP contribution is -2.27. The van der Waals surface area contributed by atoms with Crippen LogP contribution in [-0.4, -0.2) is 27.3 Å². The number of hydrogen-bond acceptors (Lipinski definition) is 5. The second kappa shape index (κ2) is 7.76. The minimum atomic E-state index is -0.103. The van der Waals surface area contributed by atoms with E-state index in [1.54, 1.807) is 30.2 Å². The first-order chi connectivity index (χ1) is 12.0. The molecule has 1 aliphatic rings. The summed E-state index contributed by atoms with van der Waals surface area (Å²) in [5.41, 5.74) is 1.84. The molecule has 0 bridgehead atoms. The van der Waals surface area contributed by atoms with E-state index in [1.807, 2.05) is 30.3 Å². The molecule has 0 aromatic heterocycles. The zero-order valence-corrected chi connectivity index (χ0v) is 17.0. The number of methoxy groups -OCH3 is 1. The maximum atomic E-state index is 12.7. The van der Waals surface area contributed by atoms with Crippen molar-refractivity contribution in [1.29, 1.82) is 0 Å². The number of benzene rings is 2. The van der Waals surface area contributed by atoms with Gasteiger partial charge in [-0.05, 0) is 64.1 Å². The minimum absolute atomic E-state index is 0.103. The predicted molar refractivity (Wildman–Crippen MR) is 113 cm³/mol. The second-order valence-electron chi connectivity index (χ2n) is 5.33. The molecule has 1 saturated heterocycles. The smallest absolute Gasteiger partial charge is 0.266 e. The zero-order chi connectivity index (χ0) is 18.0. The number of ether oxygens (including phenoxy) is 1. The van der Waals surface area contributed by atoms with Gasteiger partial charge in [0.1, 0.15) is 15.8 Å². The van der Waals surface area contributed by atoms with Crippen molar-refractivity contribution in [2.24, 2.45) is 0 Å². The molecule has 1 N–H and O–H groups in total. The normalized spacial score (nSPS) is 15.9. The van der Waals surface area contributed by atoms with Gasteiger partial charge in [-0.25, -0.2) is 0 Å². The van der Waals surface area contributed by atoms with E-state index >= 15 is 0 Å². The zero-order valence-electron chi connectivity index (χ0n) is 13.2. The summed E-state index contributed by atoms with van der Waals surface area (Å²) >= 11 is 8.71. The van der Waals surface area contributed by atoms with Gasteiger partial charge in [-0.3, -0.25) is 9.69 Å². The molecule has 25 heavy (non-hydrogen) atoms. The average Bonchev–Trinajstić information content (AvgIpc) is 2.86. The number of phenolic OH excluding ortho intramolecular Hbond substituents is 1. The first-order valence-electron chi connectivity index (χ1n) is 7.35. The van der Waals surface area contributed by atoms with Crippen molar-refractivity contribution < 1.29 is 14.6 Å². The Hall–Kier alpha value is -1.58. The highest BCUT2D eigenvalue weighted by Gasteiger charge is 2.31. The highest BCUT2D eigenvalue weighted by Crippen LogP contribution is 2.34. The molecule has 3 rings (SSSR count). The van der Waals surface area contributed by atoms with Crippen molar-refractivity contribution in [2.45, 2.75) is 6.54 Å². The van der Waals surface area contributed by atoms with Gasteiger partial charge in [-0.1, -0.05) is 42.2 Å². The molecule has 1 aliphatic heterocycles. The molecule has 1 amide bonds. The topological polar surface area (TPSA) is 49.8 Å².